The molecule has 7 heteroatoms. The Morgan fingerprint density at radius 2 is 2.05 bits per heavy atom. The van der Waals surface area contributed by atoms with E-state index in [9.17, 15) is 13.6 Å². The van der Waals surface area contributed by atoms with Crippen molar-refractivity contribution < 1.29 is 18.3 Å². The highest BCUT2D eigenvalue weighted by Gasteiger charge is 2.06. The van der Waals surface area contributed by atoms with Gasteiger partial charge in [0.05, 0.1) is 18.7 Å². The number of alkyl halides is 2. The molecule has 1 amide bonds. The number of aromatic amines is 1. The van der Waals surface area contributed by atoms with Crippen molar-refractivity contribution in [1.82, 2.24) is 15.5 Å². The van der Waals surface area contributed by atoms with E-state index in [1.54, 1.807) is 24.4 Å². The van der Waals surface area contributed by atoms with Crippen molar-refractivity contribution in [3.8, 4) is 5.75 Å². The summed E-state index contributed by atoms with van der Waals surface area (Å²) in [6.07, 6.45) is 1.77. The second-order valence-electron chi connectivity index (χ2n) is 4.06. The zero-order chi connectivity index (χ0) is 14.4. The lowest BCUT2D eigenvalue weighted by Gasteiger charge is -2.06. The van der Waals surface area contributed by atoms with Crippen molar-refractivity contribution in [2.45, 2.75) is 19.6 Å². The van der Waals surface area contributed by atoms with E-state index >= 15 is 0 Å². The van der Waals surface area contributed by atoms with Gasteiger partial charge in [-0.2, -0.15) is 13.9 Å². The molecule has 1 aromatic carbocycles. The van der Waals surface area contributed by atoms with E-state index in [-0.39, 0.29) is 18.1 Å². The number of carbonyl (C=O) groups is 1. The number of carbonyl (C=O) groups excluding carboxylic acids is 1. The van der Waals surface area contributed by atoms with Crippen LogP contribution in [0.5, 0.6) is 5.75 Å². The molecule has 0 saturated carbocycles. The summed E-state index contributed by atoms with van der Waals surface area (Å²) >= 11 is 0. The molecule has 0 aliphatic rings. The number of hydrogen-bond donors (Lipinski definition) is 2. The molecule has 0 atom stereocenters. The quantitative estimate of drug-likeness (QED) is 0.849. The SMILES string of the molecule is O=C(Cc1ccc(OC(F)F)cc1)NCc1ccn[nH]1. The molecule has 1 heterocycles. The molecule has 0 unspecified atom stereocenters. The number of rotatable bonds is 6. The van der Waals surface area contributed by atoms with Crippen LogP contribution in [0.25, 0.3) is 0 Å². The first kappa shape index (κ1) is 14.0. The number of H-pyrrole nitrogens is 1. The largest absolute Gasteiger partial charge is 0.435 e. The molecule has 0 aliphatic carbocycles. The Bertz CT molecular complexity index is 541. The summed E-state index contributed by atoms with van der Waals surface area (Å²) in [6, 6.07) is 7.73. The molecule has 2 rings (SSSR count). The van der Waals surface area contributed by atoms with Crippen LogP contribution in [0.4, 0.5) is 8.78 Å². The summed E-state index contributed by atoms with van der Waals surface area (Å²) in [6.45, 7) is -2.48. The van der Waals surface area contributed by atoms with E-state index in [1.807, 2.05) is 0 Å². The van der Waals surface area contributed by atoms with Gasteiger partial charge in [-0.3, -0.25) is 9.89 Å². The van der Waals surface area contributed by atoms with Crippen LogP contribution in [0.1, 0.15) is 11.3 Å². The maximum absolute atomic E-state index is 12.0. The number of amides is 1. The minimum atomic E-state index is -2.85. The van der Waals surface area contributed by atoms with E-state index in [1.165, 1.54) is 12.1 Å². The van der Waals surface area contributed by atoms with Crippen molar-refractivity contribution in [2.24, 2.45) is 0 Å². The monoisotopic (exact) mass is 281 g/mol. The Labute approximate surface area is 114 Å². The lowest BCUT2D eigenvalue weighted by Crippen LogP contribution is -2.24. The molecule has 0 fully saturated rings. The molecule has 2 aromatic rings. The summed E-state index contributed by atoms with van der Waals surface area (Å²) in [5.41, 5.74) is 1.52. The van der Waals surface area contributed by atoms with Crippen molar-refractivity contribution in [3.05, 3.63) is 47.8 Å². The van der Waals surface area contributed by atoms with Gasteiger partial charge in [-0.1, -0.05) is 12.1 Å². The van der Waals surface area contributed by atoms with Gasteiger partial charge in [0.2, 0.25) is 5.91 Å². The van der Waals surface area contributed by atoms with Gasteiger partial charge in [0.15, 0.2) is 0 Å². The molecule has 0 saturated heterocycles. The number of hydrogen-bond acceptors (Lipinski definition) is 3. The van der Waals surface area contributed by atoms with Crippen LogP contribution < -0.4 is 10.1 Å². The van der Waals surface area contributed by atoms with Gasteiger partial charge in [0.25, 0.3) is 0 Å². The first-order valence-corrected chi connectivity index (χ1v) is 5.92. The highest BCUT2D eigenvalue weighted by atomic mass is 19.3. The zero-order valence-corrected chi connectivity index (χ0v) is 10.5. The molecule has 0 bridgehead atoms. The molecular formula is C13H13F2N3O2. The summed E-state index contributed by atoms with van der Waals surface area (Å²) in [5, 5.41) is 9.21. The molecular weight excluding hydrogens is 268 g/mol. The van der Waals surface area contributed by atoms with Crippen LogP contribution >= 0.6 is 0 Å². The van der Waals surface area contributed by atoms with Crippen LogP contribution in [0.2, 0.25) is 0 Å². The average molecular weight is 281 g/mol. The molecule has 5 nitrogen and oxygen atoms in total. The minimum Gasteiger partial charge on any atom is -0.435 e. The summed E-state index contributed by atoms with van der Waals surface area (Å²) in [4.78, 5) is 11.7. The third-order valence-corrected chi connectivity index (χ3v) is 2.55. The number of nitrogens with zero attached hydrogens (tertiary/aromatic N) is 1. The van der Waals surface area contributed by atoms with Crippen molar-refractivity contribution in [2.75, 3.05) is 0 Å². The van der Waals surface area contributed by atoms with Crippen LogP contribution in [0.3, 0.4) is 0 Å². The number of ether oxygens (including phenoxy) is 1. The van der Waals surface area contributed by atoms with Crippen LogP contribution in [0.15, 0.2) is 36.5 Å². The third-order valence-electron chi connectivity index (χ3n) is 2.55. The van der Waals surface area contributed by atoms with Gasteiger partial charge in [0.1, 0.15) is 5.75 Å². The standard InChI is InChI=1S/C13H13F2N3O2/c14-13(15)20-11-3-1-9(2-4-11)7-12(19)16-8-10-5-6-17-18-10/h1-6,13H,7-8H2,(H,16,19)(H,17,18). The lowest BCUT2D eigenvalue weighted by atomic mass is 10.1. The Morgan fingerprint density at radius 1 is 1.30 bits per heavy atom. The van der Waals surface area contributed by atoms with Crippen LogP contribution in [-0.4, -0.2) is 22.7 Å². The van der Waals surface area contributed by atoms with Crippen molar-refractivity contribution in [3.63, 3.8) is 0 Å². The highest BCUT2D eigenvalue weighted by Crippen LogP contribution is 2.15. The van der Waals surface area contributed by atoms with Gasteiger partial charge in [-0.05, 0) is 23.8 Å². The summed E-state index contributed by atoms with van der Waals surface area (Å²) < 4.78 is 28.2. The average Bonchev–Trinajstić information content (AvgIpc) is 2.91. The minimum absolute atomic E-state index is 0.0709. The smallest absolute Gasteiger partial charge is 0.387 e. The van der Waals surface area contributed by atoms with Crippen LogP contribution in [0, 0.1) is 0 Å². The Morgan fingerprint density at radius 3 is 2.65 bits per heavy atom. The molecule has 0 radical (unpaired) electrons. The second kappa shape index (κ2) is 6.65. The summed E-state index contributed by atoms with van der Waals surface area (Å²) in [5.74, 6) is -0.0938. The maximum atomic E-state index is 12.0. The van der Waals surface area contributed by atoms with Gasteiger partial charge in [0, 0.05) is 6.20 Å². The van der Waals surface area contributed by atoms with Gasteiger partial charge in [-0.25, -0.2) is 0 Å². The van der Waals surface area contributed by atoms with Gasteiger partial charge < -0.3 is 10.1 Å². The number of aromatic nitrogens is 2. The molecule has 1 aromatic heterocycles. The van der Waals surface area contributed by atoms with E-state index in [2.05, 4.69) is 20.3 Å². The first-order valence-electron chi connectivity index (χ1n) is 5.92. The first-order chi connectivity index (χ1) is 9.63. The second-order valence-corrected chi connectivity index (χ2v) is 4.06. The normalized spacial score (nSPS) is 10.6. The Balaban J connectivity index is 1.81. The zero-order valence-electron chi connectivity index (χ0n) is 10.5. The molecule has 2 N–H and O–H groups in total. The topological polar surface area (TPSA) is 67.0 Å². The molecule has 20 heavy (non-hydrogen) atoms. The fourth-order valence-electron chi connectivity index (χ4n) is 1.61. The van der Waals surface area contributed by atoms with E-state index < -0.39 is 6.61 Å². The Kier molecular flexibility index (Phi) is 4.65. The van der Waals surface area contributed by atoms with Crippen molar-refractivity contribution >= 4 is 5.91 Å². The molecule has 0 spiro atoms. The Hall–Kier alpha value is -2.44. The van der Waals surface area contributed by atoms with E-state index in [4.69, 9.17) is 0 Å². The lowest BCUT2D eigenvalue weighted by molar-refractivity contribution is -0.120. The number of halogens is 2. The third kappa shape index (κ3) is 4.34. The predicted molar refractivity (Wildman–Crippen MR) is 67.2 cm³/mol. The number of nitrogens with one attached hydrogen (secondary N) is 2. The van der Waals surface area contributed by atoms with E-state index in [0.29, 0.717) is 12.1 Å². The van der Waals surface area contributed by atoms with Crippen LogP contribution in [-0.2, 0) is 17.8 Å². The fraction of sp³-hybridized carbons (Fsp3) is 0.231. The van der Waals surface area contributed by atoms with Gasteiger partial charge in [-0.15, -0.1) is 0 Å². The van der Waals surface area contributed by atoms with E-state index in [0.717, 1.165) is 5.69 Å². The fourth-order valence-corrected chi connectivity index (χ4v) is 1.61. The molecule has 106 valence electrons. The maximum Gasteiger partial charge on any atom is 0.387 e. The van der Waals surface area contributed by atoms with Gasteiger partial charge >= 0.3 is 6.61 Å². The highest BCUT2D eigenvalue weighted by molar-refractivity contribution is 5.78. The number of benzene rings is 1. The molecule has 0 aliphatic heterocycles. The van der Waals surface area contributed by atoms with Crippen molar-refractivity contribution in [1.29, 1.82) is 0 Å². The predicted octanol–water partition coefficient (Wildman–Crippen LogP) is 1.87. The summed E-state index contributed by atoms with van der Waals surface area (Å²) in [7, 11) is 0.